The van der Waals surface area contributed by atoms with E-state index in [0.717, 1.165) is 25.9 Å². The van der Waals surface area contributed by atoms with Gasteiger partial charge in [0.2, 0.25) is 0 Å². The third-order valence-electron chi connectivity index (χ3n) is 4.13. The van der Waals surface area contributed by atoms with Crippen molar-refractivity contribution in [1.82, 2.24) is 19.6 Å². The van der Waals surface area contributed by atoms with Crippen molar-refractivity contribution in [3.05, 3.63) is 16.4 Å². The van der Waals surface area contributed by atoms with Gasteiger partial charge in [0.1, 0.15) is 5.60 Å². The summed E-state index contributed by atoms with van der Waals surface area (Å²) in [5.74, 6) is -0.129. The van der Waals surface area contributed by atoms with E-state index in [-0.39, 0.29) is 17.7 Å². The Kier molecular flexibility index (Phi) is 4.46. The van der Waals surface area contributed by atoms with Crippen molar-refractivity contribution in [3.63, 3.8) is 0 Å². The second-order valence-corrected chi connectivity index (χ2v) is 7.61. The largest absolute Gasteiger partial charge is 0.444 e. The Labute approximate surface area is 146 Å². The maximum absolute atomic E-state index is 12.4. The van der Waals surface area contributed by atoms with Crippen LogP contribution in [0.25, 0.3) is 0 Å². The van der Waals surface area contributed by atoms with E-state index in [2.05, 4.69) is 5.10 Å². The number of rotatable bonds is 1. The maximum Gasteiger partial charge on any atom is 0.410 e. The summed E-state index contributed by atoms with van der Waals surface area (Å²) in [7, 11) is 0. The number of aryl methyl sites for hydroxylation is 1. The third-order valence-corrected chi connectivity index (χ3v) is 4.53. The summed E-state index contributed by atoms with van der Waals surface area (Å²) in [6.45, 7) is 8.51. The molecule has 2 aliphatic rings. The van der Waals surface area contributed by atoms with Gasteiger partial charge in [0.05, 0.1) is 17.3 Å². The normalized spacial score (nSPS) is 17.8. The van der Waals surface area contributed by atoms with Crippen molar-refractivity contribution in [3.8, 4) is 0 Å². The van der Waals surface area contributed by atoms with Gasteiger partial charge in [-0.05, 0) is 33.6 Å². The van der Waals surface area contributed by atoms with Gasteiger partial charge in [0, 0.05) is 26.2 Å². The molecule has 3 heterocycles. The van der Waals surface area contributed by atoms with Gasteiger partial charge in [0.15, 0.2) is 5.69 Å². The Morgan fingerprint density at radius 3 is 2.29 bits per heavy atom. The van der Waals surface area contributed by atoms with Gasteiger partial charge < -0.3 is 14.5 Å². The van der Waals surface area contributed by atoms with E-state index < -0.39 is 5.60 Å². The fraction of sp³-hybridized carbons (Fsp3) is 0.688. The highest BCUT2D eigenvalue weighted by atomic mass is 35.5. The van der Waals surface area contributed by atoms with Gasteiger partial charge in [-0.25, -0.2) is 4.79 Å². The van der Waals surface area contributed by atoms with Crippen molar-refractivity contribution in [1.29, 1.82) is 0 Å². The Morgan fingerprint density at radius 1 is 1.08 bits per heavy atom. The van der Waals surface area contributed by atoms with Gasteiger partial charge >= 0.3 is 6.09 Å². The zero-order valence-electron chi connectivity index (χ0n) is 14.3. The van der Waals surface area contributed by atoms with E-state index in [4.69, 9.17) is 16.3 Å². The molecule has 1 aromatic heterocycles. The molecule has 0 atom stereocenters. The number of fused-ring (bicyclic) bond motifs is 1. The van der Waals surface area contributed by atoms with Crippen molar-refractivity contribution in [2.24, 2.45) is 0 Å². The number of hydrogen-bond donors (Lipinski definition) is 0. The van der Waals surface area contributed by atoms with Gasteiger partial charge in [-0.3, -0.25) is 9.48 Å². The zero-order valence-corrected chi connectivity index (χ0v) is 15.1. The molecule has 0 aromatic carbocycles. The Hall–Kier alpha value is -1.76. The molecule has 1 fully saturated rings. The number of ether oxygens (including phenoxy) is 1. The Bertz CT molecular complexity index is 661. The molecule has 132 valence electrons. The van der Waals surface area contributed by atoms with E-state index in [9.17, 15) is 9.59 Å². The number of carbonyl (C=O) groups is 2. The summed E-state index contributed by atoms with van der Waals surface area (Å²) in [6, 6.07) is 0. The van der Waals surface area contributed by atoms with E-state index in [1.54, 1.807) is 14.5 Å². The fourth-order valence-corrected chi connectivity index (χ4v) is 3.05. The molecule has 2 amide bonds. The molecule has 7 nitrogen and oxygen atoms in total. The van der Waals surface area contributed by atoms with Crippen LogP contribution >= 0.6 is 11.6 Å². The molecule has 24 heavy (non-hydrogen) atoms. The highest BCUT2D eigenvalue weighted by molar-refractivity contribution is 6.34. The van der Waals surface area contributed by atoms with Crippen LogP contribution in [0.4, 0.5) is 4.79 Å². The van der Waals surface area contributed by atoms with Crippen LogP contribution in [0.1, 0.15) is 49.8 Å². The summed E-state index contributed by atoms with van der Waals surface area (Å²) < 4.78 is 7.20. The molecule has 2 aliphatic heterocycles. The minimum Gasteiger partial charge on any atom is -0.444 e. The molecule has 0 aliphatic carbocycles. The molecule has 1 aromatic rings. The highest BCUT2D eigenvalue weighted by Gasteiger charge is 2.32. The number of likely N-dealkylation sites (tertiary alicyclic amines) is 1. The van der Waals surface area contributed by atoms with Crippen molar-refractivity contribution < 1.29 is 14.3 Å². The van der Waals surface area contributed by atoms with Gasteiger partial charge in [-0.15, -0.1) is 0 Å². The average molecular weight is 355 g/mol. The molecule has 0 spiro atoms. The van der Waals surface area contributed by atoms with Crippen molar-refractivity contribution in [2.75, 3.05) is 19.6 Å². The standard InChI is InChI=1S/C16H23ClN4O3/c1-16(2,3)24-15(23)20-8-5-9-21-11(10-20)12(17)13(18-21)14(22)19-6-4-7-19/h4-10H2,1-3H3. The molecule has 8 heteroatoms. The number of nitrogens with zero attached hydrogens (tertiary/aromatic N) is 4. The predicted molar refractivity (Wildman–Crippen MR) is 89.0 cm³/mol. The first kappa shape index (κ1) is 17.1. The molecule has 0 bridgehead atoms. The molecule has 0 saturated carbocycles. The fourth-order valence-electron chi connectivity index (χ4n) is 2.77. The number of aromatic nitrogens is 2. The predicted octanol–water partition coefficient (Wildman–Crippen LogP) is 2.52. The lowest BCUT2D eigenvalue weighted by atomic mass is 10.2. The topological polar surface area (TPSA) is 67.7 Å². The van der Waals surface area contributed by atoms with Gasteiger partial charge in [-0.1, -0.05) is 11.6 Å². The lowest BCUT2D eigenvalue weighted by molar-refractivity contribution is 0.0236. The Morgan fingerprint density at radius 2 is 1.71 bits per heavy atom. The van der Waals surface area contributed by atoms with Crippen LogP contribution in [0.3, 0.4) is 0 Å². The van der Waals surface area contributed by atoms with Crippen LogP contribution in [-0.4, -0.2) is 56.8 Å². The monoisotopic (exact) mass is 354 g/mol. The van der Waals surface area contributed by atoms with E-state index in [1.807, 2.05) is 20.8 Å². The van der Waals surface area contributed by atoms with Gasteiger partial charge in [0.25, 0.3) is 5.91 Å². The number of halogens is 1. The van der Waals surface area contributed by atoms with Crippen LogP contribution in [0.5, 0.6) is 0 Å². The number of carbonyl (C=O) groups excluding carboxylic acids is 2. The number of hydrogen-bond acceptors (Lipinski definition) is 4. The summed E-state index contributed by atoms with van der Waals surface area (Å²) in [6.07, 6.45) is 1.38. The van der Waals surface area contributed by atoms with E-state index >= 15 is 0 Å². The van der Waals surface area contributed by atoms with Gasteiger partial charge in [-0.2, -0.15) is 5.10 Å². The van der Waals surface area contributed by atoms with Crippen LogP contribution in [-0.2, 0) is 17.8 Å². The summed E-state index contributed by atoms with van der Waals surface area (Å²) >= 11 is 6.43. The van der Waals surface area contributed by atoms with Crippen LogP contribution in [0.15, 0.2) is 0 Å². The second kappa shape index (κ2) is 6.27. The molecular formula is C16H23ClN4O3. The van der Waals surface area contributed by atoms with E-state index in [1.165, 1.54) is 0 Å². The second-order valence-electron chi connectivity index (χ2n) is 7.23. The summed E-state index contributed by atoms with van der Waals surface area (Å²) in [5, 5.41) is 4.75. The maximum atomic E-state index is 12.4. The van der Waals surface area contributed by atoms with Crippen molar-refractivity contribution >= 4 is 23.6 Å². The molecule has 0 unspecified atom stereocenters. The quantitative estimate of drug-likeness (QED) is 0.777. The van der Waals surface area contributed by atoms with Crippen LogP contribution < -0.4 is 0 Å². The Balaban J connectivity index is 1.81. The highest BCUT2D eigenvalue weighted by Crippen LogP contribution is 2.27. The first-order valence-electron chi connectivity index (χ1n) is 8.28. The molecular weight excluding hydrogens is 332 g/mol. The minimum absolute atomic E-state index is 0.129. The zero-order chi connectivity index (χ0) is 17.5. The van der Waals surface area contributed by atoms with Crippen LogP contribution in [0, 0.1) is 0 Å². The summed E-state index contributed by atoms with van der Waals surface area (Å²) in [5.41, 5.74) is 0.438. The van der Waals surface area contributed by atoms with Crippen molar-refractivity contribution in [2.45, 2.75) is 52.3 Å². The lowest BCUT2D eigenvalue weighted by Crippen LogP contribution is -2.42. The summed E-state index contributed by atoms with van der Waals surface area (Å²) in [4.78, 5) is 28.1. The first-order chi connectivity index (χ1) is 11.3. The number of amides is 2. The molecule has 0 radical (unpaired) electrons. The third kappa shape index (κ3) is 3.36. The average Bonchev–Trinajstić information content (AvgIpc) is 2.60. The molecule has 3 rings (SSSR count). The smallest absolute Gasteiger partial charge is 0.410 e. The van der Waals surface area contributed by atoms with E-state index in [0.29, 0.717) is 30.4 Å². The van der Waals surface area contributed by atoms with Crippen LogP contribution in [0.2, 0.25) is 5.02 Å². The minimum atomic E-state index is -0.550. The first-order valence-corrected chi connectivity index (χ1v) is 8.66. The molecule has 0 N–H and O–H groups in total. The lowest BCUT2D eigenvalue weighted by Gasteiger charge is -2.30. The SMILES string of the molecule is CC(C)(C)OC(=O)N1CCCn2nc(C(=O)N3CCC3)c(Cl)c2C1. The molecule has 1 saturated heterocycles.